The van der Waals surface area contributed by atoms with E-state index in [2.05, 4.69) is 32.7 Å². The summed E-state index contributed by atoms with van der Waals surface area (Å²) in [5.74, 6) is 0.639. The van der Waals surface area contributed by atoms with Crippen LogP contribution in [0.25, 0.3) is 0 Å². The second-order valence-corrected chi connectivity index (χ2v) is 4.04. The van der Waals surface area contributed by atoms with Crippen molar-refractivity contribution in [3.05, 3.63) is 12.3 Å². The minimum Gasteiger partial charge on any atom is -0.388 e. The number of hydrogen-bond acceptors (Lipinski definition) is 2. The third-order valence-corrected chi connectivity index (χ3v) is 2.06. The first-order valence-electron chi connectivity index (χ1n) is 5.26. The van der Waals surface area contributed by atoms with Crippen LogP contribution >= 0.6 is 0 Å². The molecule has 0 aliphatic heterocycles. The lowest BCUT2D eigenvalue weighted by molar-refractivity contribution is 0.511. The molecule has 0 heterocycles. The van der Waals surface area contributed by atoms with Crippen LogP contribution in [-0.4, -0.2) is 12.6 Å². The maximum absolute atomic E-state index is 5.94. The van der Waals surface area contributed by atoms with E-state index in [9.17, 15) is 0 Å². The van der Waals surface area contributed by atoms with Crippen molar-refractivity contribution in [3.8, 4) is 0 Å². The Morgan fingerprint density at radius 3 is 2.54 bits per heavy atom. The number of nitrogens with one attached hydrogen (secondary N) is 1. The molecule has 3 N–H and O–H groups in total. The summed E-state index contributed by atoms with van der Waals surface area (Å²) in [6.07, 6.45) is 3.41. The zero-order valence-electron chi connectivity index (χ0n) is 9.27. The molecule has 1 unspecified atom stereocenters. The molecule has 0 rings (SSSR count). The van der Waals surface area contributed by atoms with Crippen LogP contribution in [0, 0.1) is 5.92 Å². The van der Waals surface area contributed by atoms with Gasteiger partial charge in [-0.05, 0) is 18.8 Å². The number of rotatable bonds is 7. The molecule has 1 atom stereocenters. The summed E-state index contributed by atoms with van der Waals surface area (Å²) in [7, 11) is 0. The monoisotopic (exact) mass is 184 g/mol. The lowest BCUT2D eigenvalue weighted by atomic mass is 10.0. The minimum atomic E-state index is 0.108. The van der Waals surface area contributed by atoms with Crippen molar-refractivity contribution in [2.45, 2.75) is 46.1 Å². The predicted molar refractivity (Wildman–Crippen MR) is 59.5 cm³/mol. The van der Waals surface area contributed by atoms with Crippen LogP contribution in [0.5, 0.6) is 0 Å². The van der Waals surface area contributed by atoms with E-state index in [0.29, 0.717) is 5.92 Å². The molecular formula is C11H24N2. The molecule has 0 aliphatic carbocycles. The molecule has 0 amide bonds. The van der Waals surface area contributed by atoms with Gasteiger partial charge in [-0.1, -0.05) is 33.8 Å². The summed E-state index contributed by atoms with van der Waals surface area (Å²) in [4.78, 5) is 0. The molecule has 0 aromatic carbocycles. The Morgan fingerprint density at radius 2 is 2.08 bits per heavy atom. The molecule has 2 heteroatoms. The van der Waals surface area contributed by atoms with E-state index in [1.807, 2.05) is 0 Å². The van der Waals surface area contributed by atoms with Crippen LogP contribution in [0.15, 0.2) is 12.3 Å². The third kappa shape index (κ3) is 6.64. The number of hydrogen-bond donors (Lipinski definition) is 2. The zero-order chi connectivity index (χ0) is 10.3. The van der Waals surface area contributed by atoms with Crippen LogP contribution in [0.3, 0.4) is 0 Å². The largest absolute Gasteiger partial charge is 0.388 e. The van der Waals surface area contributed by atoms with Crippen LogP contribution in [-0.2, 0) is 0 Å². The van der Waals surface area contributed by atoms with Gasteiger partial charge in [-0.15, -0.1) is 0 Å². The fourth-order valence-corrected chi connectivity index (χ4v) is 1.21. The van der Waals surface area contributed by atoms with Crippen LogP contribution in [0.2, 0.25) is 0 Å². The van der Waals surface area contributed by atoms with Gasteiger partial charge in [-0.3, -0.25) is 0 Å². The van der Waals surface area contributed by atoms with Gasteiger partial charge >= 0.3 is 0 Å². The van der Waals surface area contributed by atoms with Gasteiger partial charge in [0.25, 0.3) is 0 Å². The van der Waals surface area contributed by atoms with Crippen LogP contribution < -0.4 is 11.1 Å². The summed E-state index contributed by atoms with van der Waals surface area (Å²) >= 11 is 0. The average Bonchev–Trinajstić information content (AvgIpc) is 2.03. The molecule has 0 aromatic heterocycles. The Labute approximate surface area is 82.6 Å². The Kier molecular flexibility index (Phi) is 6.69. The summed E-state index contributed by atoms with van der Waals surface area (Å²) in [6, 6.07) is 0.108. The van der Waals surface area contributed by atoms with Gasteiger partial charge in [0.05, 0.1) is 0 Å². The van der Waals surface area contributed by atoms with Crippen molar-refractivity contribution in [2.24, 2.45) is 11.7 Å². The first kappa shape index (κ1) is 12.5. The summed E-state index contributed by atoms with van der Waals surface area (Å²) in [5.41, 5.74) is 6.93. The zero-order valence-corrected chi connectivity index (χ0v) is 9.27. The quantitative estimate of drug-likeness (QED) is 0.596. The fourth-order valence-electron chi connectivity index (χ4n) is 1.21. The van der Waals surface area contributed by atoms with Gasteiger partial charge in [0, 0.05) is 18.3 Å². The van der Waals surface area contributed by atoms with Crippen molar-refractivity contribution in [1.82, 2.24) is 5.32 Å². The second-order valence-electron chi connectivity index (χ2n) is 4.04. The Morgan fingerprint density at radius 1 is 1.46 bits per heavy atom. The minimum absolute atomic E-state index is 0.108. The van der Waals surface area contributed by atoms with E-state index >= 15 is 0 Å². The molecule has 0 radical (unpaired) electrons. The van der Waals surface area contributed by atoms with E-state index in [4.69, 9.17) is 5.73 Å². The van der Waals surface area contributed by atoms with Crippen LogP contribution in [0.4, 0.5) is 0 Å². The topological polar surface area (TPSA) is 38.0 Å². The SMILES string of the molecule is C=C(NCCCC)C(N)CC(C)C. The molecule has 0 saturated carbocycles. The highest BCUT2D eigenvalue weighted by Gasteiger charge is 2.08. The molecule has 78 valence electrons. The van der Waals surface area contributed by atoms with Gasteiger partial charge < -0.3 is 11.1 Å². The molecule has 0 saturated heterocycles. The molecule has 13 heavy (non-hydrogen) atoms. The third-order valence-electron chi connectivity index (χ3n) is 2.06. The molecule has 0 fully saturated rings. The normalized spacial score (nSPS) is 13.0. The molecule has 0 spiro atoms. The van der Waals surface area contributed by atoms with Crippen LogP contribution in [0.1, 0.15) is 40.0 Å². The van der Waals surface area contributed by atoms with Crippen molar-refractivity contribution < 1.29 is 0 Å². The van der Waals surface area contributed by atoms with Gasteiger partial charge in [0.1, 0.15) is 0 Å². The highest BCUT2D eigenvalue weighted by atomic mass is 14.9. The van der Waals surface area contributed by atoms with Crippen molar-refractivity contribution >= 4 is 0 Å². The highest BCUT2D eigenvalue weighted by Crippen LogP contribution is 2.07. The van der Waals surface area contributed by atoms with Gasteiger partial charge in [0.2, 0.25) is 0 Å². The van der Waals surface area contributed by atoms with E-state index in [-0.39, 0.29) is 6.04 Å². The first-order chi connectivity index (χ1) is 6.07. The Bertz CT molecular complexity index is 141. The average molecular weight is 184 g/mol. The molecule has 0 aromatic rings. The number of unbranched alkanes of at least 4 members (excludes halogenated alkanes) is 1. The van der Waals surface area contributed by atoms with E-state index in [1.165, 1.54) is 12.8 Å². The van der Waals surface area contributed by atoms with Crippen molar-refractivity contribution in [1.29, 1.82) is 0 Å². The Hall–Kier alpha value is -0.500. The first-order valence-corrected chi connectivity index (χ1v) is 5.26. The van der Waals surface area contributed by atoms with Gasteiger partial charge in [-0.2, -0.15) is 0 Å². The summed E-state index contributed by atoms with van der Waals surface area (Å²) in [6.45, 7) is 11.5. The lowest BCUT2D eigenvalue weighted by Gasteiger charge is -2.18. The van der Waals surface area contributed by atoms with Gasteiger partial charge in [0.15, 0.2) is 0 Å². The Balaban J connectivity index is 3.57. The number of nitrogens with two attached hydrogens (primary N) is 1. The fraction of sp³-hybridized carbons (Fsp3) is 0.818. The lowest BCUT2D eigenvalue weighted by Crippen LogP contribution is -2.32. The van der Waals surface area contributed by atoms with Gasteiger partial charge in [-0.25, -0.2) is 0 Å². The second kappa shape index (κ2) is 6.96. The smallest absolute Gasteiger partial charge is 0.0440 e. The van der Waals surface area contributed by atoms with E-state index in [1.54, 1.807) is 0 Å². The molecule has 0 aliphatic rings. The van der Waals surface area contributed by atoms with Crippen molar-refractivity contribution in [3.63, 3.8) is 0 Å². The summed E-state index contributed by atoms with van der Waals surface area (Å²) in [5, 5.41) is 3.27. The summed E-state index contributed by atoms with van der Waals surface area (Å²) < 4.78 is 0. The van der Waals surface area contributed by atoms with E-state index in [0.717, 1.165) is 18.7 Å². The molecular weight excluding hydrogens is 160 g/mol. The highest BCUT2D eigenvalue weighted by molar-refractivity contribution is 5.01. The molecule has 0 bridgehead atoms. The maximum atomic E-state index is 5.94. The molecule has 2 nitrogen and oxygen atoms in total. The standard InChI is InChI=1S/C11H24N2/c1-5-6-7-13-10(4)11(12)8-9(2)3/h9,11,13H,4-8,12H2,1-3H3. The van der Waals surface area contributed by atoms with E-state index < -0.39 is 0 Å². The maximum Gasteiger partial charge on any atom is 0.0440 e. The predicted octanol–water partition coefficient (Wildman–Crippen LogP) is 2.26. The van der Waals surface area contributed by atoms with Crippen molar-refractivity contribution in [2.75, 3.05) is 6.54 Å².